The van der Waals surface area contributed by atoms with Gasteiger partial charge < -0.3 is 4.90 Å². The quantitative estimate of drug-likeness (QED) is 0.758. The van der Waals surface area contributed by atoms with Crippen LogP contribution in [0, 0.1) is 6.92 Å². The predicted octanol–water partition coefficient (Wildman–Crippen LogP) is 2.53. The van der Waals surface area contributed by atoms with Gasteiger partial charge in [0.25, 0.3) is 0 Å². The van der Waals surface area contributed by atoms with Crippen molar-refractivity contribution in [2.24, 2.45) is 0 Å². The Labute approximate surface area is 93.8 Å². The molecule has 1 aliphatic heterocycles. The molecule has 2 heteroatoms. The molecular formula is C13H20N2. The molecule has 15 heavy (non-hydrogen) atoms. The van der Waals surface area contributed by atoms with Crippen molar-refractivity contribution in [3.63, 3.8) is 0 Å². The smallest absolute Gasteiger partial charge is 0.125 e. The minimum absolute atomic E-state index is 0.145. The zero-order chi connectivity index (χ0) is 11.9. The molecule has 1 heterocycles. The van der Waals surface area contributed by atoms with Gasteiger partial charge in [-0.05, 0) is 39.3 Å². The summed E-state index contributed by atoms with van der Waals surface area (Å²) < 4.78 is 8.02. The Hall–Kier alpha value is -1.02. The van der Waals surface area contributed by atoms with Gasteiger partial charge in [0.2, 0.25) is 0 Å². The summed E-state index contributed by atoms with van der Waals surface area (Å²) in [6.45, 7) is 8.54. The minimum Gasteiger partial charge on any atom is -0.352 e. The van der Waals surface area contributed by atoms with Gasteiger partial charge >= 0.3 is 0 Å². The van der Waals surface area contributed by atoms with Crippen molar-refractivity contribution in [2.45, 2.75) is 45.9 Å². The molecule has 1 aliphatic rings. The number of hydrogen-bond acceptors (Lipinski definition) is 2. The SMILES string of the molecule is [2H]N1C(C)[C@H](C)N(c2ccccc2C)C1C. The van der Waals surface area contributed by atoms with Crippen LogP contribution in [0.2, 0.25) is 1.41 Å². The predicted molar refractivity (Wildman–Crippen MR) is 65.2 cm³/mol. The molecular weight excluding hydrogens is 184 g/mol. The molecule has 1 saturated heterocycles. The fourth-order valence-corrected chi connectivity index (χ4v) is 2.38. The molecule has 0 radical (unpaired) electrons. The standard InChI is InChI=1S/C13H20N2/c1-9-7-5-6-8-13(9)15-11(3)10(2)14-12(15)4/h5-8,10-12,14H,1-4H3/t10?,11-,12?/m0/s1/i/hD. The van der Waals surface area contributed by atoms with Crippen LogP contribution in [-0.2, 0) is 0 Å². The Morgan fingerprint density at radius 2 is 1.93 bits per heavy atom. The first-order valence-corrected chi connectivity index (χ1v) is 5.65. The molecule has 0 aliphatic carbocycles. The van der Waals surface area contributed by atoms with E-state index in [9.17, 15) is 0 Å². The average molecular weight is 205 g/mol. The van der Waals surface area contributed by atoms with Crippen molar-refractivity contribution >= 4 is 5.69 Å². The van der Waals surface area contributed by atoms with E-state index < -0.39 is 0 Å². The summed E-state index contributed by atoms with van der Waals surface area (Å²) in [4.78, 5) is 2.34. The summed E-state index contributed by atoms with van der Waals surface area (Å²) in [5.41, 5.74) is 2.54. The van der Waals surface area contributed by atoms with Crippen molar-refractivity contribution in [2.75, 3.05) is 4.90 Å². The van der Waals surface area contributed by atoms with Gasteiger partial charge in [-0.2, -0.15) is 0 Å². The third-order valence-electron chi connectivity index (χ3n) is 3.38. The van der Waals surface area contributed by atoms with Gasteiger partial charge in [-0.1, -0.05) is 18.2 Å². The first-order valence-electron chi connectivity index (χ1n) is 6.10. The van der Waals surface area contributed by atoms with Gasteiger partial charge in [0.15, 0.2) is 0 Å². The molecule has 82 valence electrons. The highest BCUT2D eigenvalue weighted by atomic mass is 15.4. The number of nitrogens with zero attached hydrogens (tertiary/aromatic N) is 1. The van der Waals surface area contributed by atoms with E-state index in [4.69, 9.17) is 1.41 Å². The van der Waals surface area contributed by atoms with Gasteiger partial charge in [0.1, 0.15) is 1.41 Å². The number of benzene rings is 1. The van der Waals surface area contributed by atoms with Crippen LogP contribution in [0.5, 0.6) is 0 Å². The van der Waals surface area contributed by atoms with Gasteiger partial charge in [-0.25, -0.2) is 0 Å². The third kappa shape index (κ3) is 1.74. The summed E-state index contributed by atoms with van der Waals surface area (Å²) in [7, 11) is 0. The van der Waals surface area contributed by atoms with E-state index in [0.717, 1.165) is 0 Å². The molecule has 1 N–H and O–H groups in total. The largest absolute Gasteiger partial charge is 0.352 e. The molecule has 2 nitrogen and oxygen atoms in total. The number of aryl methyl sites for hydroxylation is 1. The minimum atomic E-state index is 0.145. The molecule has 1 aromatic carbocycles. The maximum atomic E-state index is 8.02. The van der Waals surface area contributed by atoms with Crippen LogP contribution in [0.4, 0.5) is 5.69 Å². The fraction of sp³-hybridized carbons (Fsp3) is 0.538. The Morgan fingerprint density at radius 1 is 1.27 bits per heavy atom. The lowest BCUT2D eigenvalue weighted by molar-refractivity contribution is 0.580. The highest BCUT2D eigenvalue weighted by Gasteiger charge is 2.33. The van der Waals surface area contributed by atoms with E-state index in [-0.39, 0.29) is 12.2 Å². The maximum Gasteiger partial charge on any atom is 0.125 e. The summed E-state index contributed by atoms with van der Waals surface area (Å²) in [6, 6.07) is 9.06. The lowest BCUT2D eigenvalue weighted by atomic mass is 10.1. The van der Waals surface area contributed by atoms with Crippen molar-refractivity contribution in [1.29, 1.82) is 0 Å². The topological polar surface area (TPSA) is 15.3 Å². The molecule has 2 unspecified atom stereocenters. The molecule has 0 spiro atoms. The monoisotopic (exact) mass is 205 g/mol. The van der Waals surface area contributed by atoms with Crippen molar-refractivity contribution < 1.29 is 1.41 Å². The maximum absolute atomic E-state index is 8.02. The highest BCUT2D eigenvalue weighted by Crippen LogP contribution is 2.28. The zero-order valence-electron chi connectivity index (χ0n) is 10.9. The van der Waals surface area contributed by atoms with E-state index in [1.54, 1.807) is 5.31 Å². The van der Waals surface area contributed by atoms with Crippen LogP contribution in [0.1, 0.15) is 26.3 Å². The van der Waals surface area contributed by atoms with Crippen LogP contribution >= 0.6 is 0 Å². The Bertz CT molecular complexity index is 366. The van der Waals surface area contributed by atoms with Gasteiger partial charge in [0.05, 0.1) is 6.17 Å². The Morgan fingerprint density at radius 3 is 2.47 bits per heavy atom. The first kappa shape index (κ1) is 9.22. The highest BCUT2D eigenvalue weighted by molar-refractivity contribution is 5.55. The van der Waals surface area contributed by atoms with E-state index in [1.165, 1.54) is 11.3 Å². The first-order chi connectivity index (χ1) is 7.54. The van der Waals surface area contributed by atoms with E-state index >= 15 is 0 Å². The van der Waals surface area contributed by atoms with Gasteiger partial charge in [0, 0.05) is 17.8 Å². The number of anilines is 1. The molecule has 0 bridgehead atoms. The normalized spacial score (nSPS) is 33.2. The fourth-order valence-electron chi connectivity index (χ4n) is 2.38. The summed E-state index contributed by atoms with van der Waals surface area (Å²) in [6.07, 6.45) is 0.145. The van der Waals surface area contributed by atoms with Crippen molar-refractivity contribution in [1.82, 2.24) is 5.31 Å². The van der Waals surface area contributed by atoms with Crippen LogP contribution in [0.25, 0.3) is 0 Å². The molecule has 1 fully saturated rings. The molecule has 2 rings (SSSR count). The van der Waals surface area contributed by atoms with E-state index in [1.807, 2.05) is 0 Å². The van der Waals surface area contributed by atoms with Gasteiger partial charge in [-0.3, -0.25) is 5.31 Å². The van der Waals surface area contributed by atoms with Crippen molar-refractivity contribution in [3.8, 4) is 0 Å². The molecule has 3 atom stereocenters. The van der Waals surface area contributed by atoms with Crippen LogP contribution in [-0.4, -0.2) is 18.2 Å². The summed E-state index contributed by atoms with van der Waals surface area (Å²) in [5.74, 6) is 0. The van der Waals surface area contributed by atoms with E-state index in [0.29, 0.717) is 6.04 Å². The number of hydrogen-bond donors (Lipinski definition) is 1. The molecule has 0 saturated carbocycles. The molecule has 1 aromatic rings. The number of para-hydroxylation sites is 1. The molecule has 0 aromatic heterocycles. The number of rotatable bonds is 1. The lowest BCUT2D eigenvalue weighted by Crippen LogP contribution is -2.36. The summed E-state index contributed by atoms with van der Waals surface area (Å²) in [5, 5.41) is 1.69. The molecule has 0 amide bonds. The second-order valence-electron chi connectivity index (χ2n) is 4.46. The van der Waals surface area contributed by atoms with Crippen LogP contribution in [0.3, 0.4) is 0 Å². The van der Waals surface area contributed by atoms with Crippen molar-refractivity contribution in [3.05, 3.63) is 29.8 Å². The lowest BCUT2D eigenvalue weighted by Gasteiger charge is -2.29. The van der Waals surface area contributed by atoms with Crippen LogP contribution < -0.4 is 10.2 Å². The van der Waals surface area contributed by atoms with E-state index in [2.05, 4.69) is 56.9 Å². The number of nitrogens with one attached hydrogen (secondary N) is 1. The second kappa shape index (κ2) is 3.86. The van der Waals surface area contributed by atoms with Gasteiger partial charge in [-0.15, -0.1) is 0 Å². The second-order valence-corrected chi connectivity index (χ2v) is 4.46. The average Bonchev–Trinajstić information content (AvgIpc) is 2.45. The Kier molecular flexibility index (Phi) is 2.37. The summed E-state index contributed by atoms with van der Waals surface area (Å²) >= 11 is 0. The van der Waals surface area contributed by atoms with Crippen LogP contribution in [0.15, 0.2) is 24.3 Å². The third-order valence-corrected chi connectivity index (χ3v) is 3.38. The zero-order valence-corrected chi connectivity index (χ0v) is 9.94. The Balaban J connectivity index is 2.38.